The molecule has 0 saturated carbocycles. The fraction of sp³-hybridized carbons (Fsp3) is 0.318. The van der Waals surface area contributed by atoms with Crippen LogP contribution in [0.2, 0.25) is 25.7 Å². The van der Waals surface area contributed by atoms with Crippen LogP contribution in [0, 0.1) is 5.92 Å². The van der Waals surface area contributed by atoms with E-state index in [4.69, 9.17) is 4.74 Å². The Morgan fingerprint density at radius 2 is 2.13 bits per heavy atom. The summed E-state index contributed by atoms with van der Waals surface area (Å²) in [5.41, 5.74) is 2.85. The zero-order valence-electron chi connectivity index (χ0n) is 17.9. The summed E-state index contributed by atoms with van der Waals surface area (Å²) in [4.78, 5) is 15.6. The maximum atomic E-state index is 11.3. The number of aromatic carboxylic acids is 1. The second kappa shape index (κ2) is 8.52. The highest BCUT2D eigenvalue weighted by Crippen LogP contribution is 2.25. The Morgan fingerprint density at radius 3 is 2.90 bits per heavy atom. The lowest BCUT2D eigenvalue weighted by Crippen LogP contribution is -2.22. The van der Waals surface area contributed by atoms with E-state index in [-0.39, 0.29) is 11.5 Å². The Bertz CT molecular complexity index is 1120. The van der Waals surface area contributed by atoms with Crippen LogP contribution in [0.5, 0.6) is 0 Å². The number of fused-ring (bicyclic) bond motifs is 1. The SMILES string of the molecule is C[Si](C)(C)CCOC[N+]1=CC2C=CC(c3ccnn3-c3cc(C(=O)O)ccn3)=CC2=N1. The van der Waals surface area contributed by atoms with E-state index >= 15 is 0 Å². The van der Waals surface area contributed by atoms with Crippen molar-refractivity contribution in [1.82, 2.24) is 14.8 Å². The summed E-state index contributed by atoms with van der Waals surface area (Å²) in [7, 11) is -1.10. The number of ether oxygens (including phenoxy) is 1. The van der Waals surface area contributed by atoms with Crippen LogP contribution in [0.1, 0.15) is 16.1 Å². The summed E-state index contributed by atoms with van der Waals surface area (Å²) >= 11 is 0. The zero-order valence-corrected chi connectivity index (χ0v) is 18.9. The fourth-order valence-electron chi connectivity index (χ4n) is 3.34. The quantitative estimate of drug-likeness (QED) is 0.389. The van der Waals surface area contributed by atoms with Gasteiger partial charge in [-0.2, -0.15) is 5.10 Å². The number of carboxylic acids is 1. The van der Waals surface area contributed by atoms with E-state index < -0.39 is 14.0 Å². The van der Waals surface area contributed by atoms with Crippen LogP contribution in [-0.2, 0) is 4.74 Å². The number of pyridine rings is 1. The smallest absolute Gasteiger partial charge is 0.335 e. The van der Waals surface area contributed by atoms with E-state index in [0.717, 1.165) is 29.6 Å². The molecule has 31 heavy (non-hydrogen) atoms. The second-order valence-electron chi connectivity index (χ2n) is 8.78. The van der Waals surface area contributed by atoms with Crippen molar-refractivity contribution in [2.75, 3.05) is 13.3 Å². The molecule has 4 rings (SSSR count). The van der Waals surface area contributed by atoms with Gasteiger partial charge >= 0.3 is 5.97 Å². The number of hydrogen-bond acceptors (Lipinski definition) is 5. The standard InChI is InChI=1S/C22H25N5O3Si/c1-31(2,3)11-10-30-15-26-14-18-5-4-16(12-19(18)25-26)20-7-9-24-27(20)21-13-17(22(28)29)6-8-23-21/h4-9,12-14,18H,10-11,15H2,1-3H3/p+1. The molecule has 1 unspecified atom stereocenters. The number of rotatable bonds is 8. The van der Waals surface area contributed by atoms with Crippen LogP contribution in [0.15, 0.2) is 53.9 Å². The summed E-state index contributed by atoms with van der Waals surface area (Å²) in [6, 6.07) is 5.98. The molecule has 0 amide bonds. The van der Waals surface area contributed by atoms with Crippen molar-refractivity contribution in [3.05, 3.63) is 60.1 Å². The molecule has 2 aromatic rings. The van der Waals surface area contributed by atoms with Crippen molar-refractivity contribution in [2.45, 2.75) is 25.7 Å². The molecule has 0 bridgehead atoms. The lowest BCUT2D eigenvalue weighted by Gasteiger charge is -2.14. The Balaban J connectivity index is 1.50. The molecule has 0 aromatic carbocycles. The van der Waals surface area contributed by atoms with Gasteiger partial charge in [0.05, 0.1) is 24.1 Å². The second-order valence-corrected chi connectivity index (χ2v) is 14.4. The summed E-state index contributed by atoms with van der Waals surface area (Å²) in [6.45, 7) is 8.21. The van der Waals surface area contributed by atoms with Gasteiger partial charge in [-0.05, 0) is 35.4 Å². The van der Waals surface area contributed by atoms with Crippen LogP contribution < -0.4 is 0 Å². The highest BCUT2D eigenvalue weighted by atomic mass is 28.3. The highest BCUT2D eigenvalue weighted by Gasteiger charge is 2.28. The topological polar surface area (TPSA) is 92.6 Å². The molecule has 1 aliphatic heterocycles. The number of carboxylic acid groups (broad SMARTS) is 1. The Morgan fingerprint density at radius 1 is 1.29 bits per heavy atom. The summed E-state index contributed by atoms with van der Waals surface area (Å²) in [5, 5.41) is 18.3. The van der Waals surface area contributed by atoms with E-state index in [9.17, 15) is 9.90 Å². The number of aromatic nitrogens is 3. The molecule has 0 saturated heterocycles. The van der Waals surface area contributed by atoms with Crippen molar-refractivity contribution in [3.8, 4) is 5.82 Å². The molecule has 1 N–H and O–H groups in total. The van der Waals surface area contributed by atoms with E-state index in [0.29, 0.717) is 12.5 Å². The normalized spacial score (nSPS) is 17.8. The van der Waals surface area contributed by atoms with Crippen LogP contribution >= 0.6 is 0 Å². The van der Waals surface area contributed by atoms with E-state index in [1.54, 1.807) is 10.9 Å². The minimum absolute atomic E-state index is 0.120. The number of allylic oxidation sites excluding steroid dienone is 4. The van der Waals surface area contributed by atoms with Crippen molar-refractivity contribution >= 4 is 31.5 Å². The third kappa shape index (κ3) is 4.94. The number of hydrazone groups is 1. The first-order valence-corrected chi connectivity index (χ1v) is 13.9. The van der Waals surface area contributed by atoms with Crippen molar-refractivity contribution in [1.29, 1.82) is 0 Å². The lowest BCUT2D eigenvalue weighted by molar-refractivity contribution is -0.567. The molecule has 0 fully saturated rings. The van der Waals surface area contributed by atoms with Gasteiger partial charge in [0, 0.05) is 19.8 Å². The Kier molecular flexibility index (Phi) is 5.79. The van der Waals surface area contributed by atoms with Crippen molar-refractivity contribution < 1.29 is 19.3 Å². The van der Waals surface area contributed by atoms with Gasteiger partial charge in [-0.25, -0.2) is 14.5 Å². The van der Waals surface area contributed by atoms with E-state index in [1.807, 2.05) is 22.9 Å². The predicted molar refractivity (Wildman–Crippen MR) is 122 cm³/mol. The first-order chi connectivity index (χ1) is 14.8. The predicted octanol–water partition coefficient (Wildman–Crippen LogP) is 3.30. The largest absolute Gasteiger partial charge is 0.478 e. The summed E-state index contributed by atoms with van der Waals surface area (Å²) in [6.07, 6.45) is 11.4. The molecule has 160 valence electrons. The van der Waals surface area contributed by atoms with Gasteiger partial charge in [-0.1, -0.05) is 36.5 Å². The van der Waals surface area contributed by atoms with Crippen LogP contribution in [0.25, 0.3) is 11.4 Å². The van der Waals surface area contributed by atoms with E-state index in [1.165, 1.54) is 18.3 Å². The molecule has 2 aromatic heterocycles. The maximum Gasteiger partial charge on any atom is 0.335 e. The molecular weight excluding hydrogens is 410 g/mol. The molecule has 1 atom stereocenters. The number of nitrogens with zero attached hydrogens (tertiary/aromatic N) is 5. The third-order valence-electron chi connectivity index (χ3n) is 5.07. The third-order valence-corrected chi connectivity index (χ3v) is 6.78. The van der Waals surface area contributed by atoms with Gasteiger partial charge in [-0.3, -0.25) is 0 Å². The Hall–Kier alpha value is -3.17. The van der Waals surface area contributed by atoms with E-state index in [2.05, 4.69) is 47.1 Å². The molecule has 2 aliphatic rings. The van der Waals surface area contributed by atoms with Gasteiger partial charge in [0.15, 0.2) is 12.0 Å². The fourth-order valence-corrected chi connectivity index (χ4v) is 4.09. The van der Waals surface area contributed by atoms with Gasteiger partial charge in [0.25, 0.3) is 6.73 Å². The average Bonchev–Trinajstić information content (AvgIpc) is 3.36. The van der Waals surface area contributed by atoms with Gasteiger partial charge in [-0.15, -0.1) is 0 Å². The molecule has 0 radical (unpaired) electrons. The average molecular weight is 437 g/mol. The van der Waals surface area contributed by atoms with Crippen LogP contribution in [-0.4, -0.2) is 63.9 Å². The summed E-state index contributed by atoms with van der Waals surface area (Å²) < 4.78 is 9.30. The lowest BCUT2D eigenvalue weighted by atomic mass is 9.95. The molecule has 0 spiro atoms. The summed E-state index contributed by atoms with van der Waals surface area (Å²) in [5.74, 6) is -0.428. The van der Waals surface area contributed by atoms with Crippen molar-refractivity contribution in [3.63, 3.8) is 0 Å². The number of carbonyl (C=O) groups is 1. The minimum atomic E-state index is -1.10. The van der Waals surface area contributed by atoms with Crippen LogP contribution in [0.4, 0.5) is 0 Å². The van der Waals surface area contributed by atoms with Gasteiger partial charge < -0.3 is 9.84 Å². The van der Waals surface area contributed by atoms with Crippen LogP contribution in [0.3, 0.4) is 0 Å². The molecule has 1 aliphatic carbocycles. The molecule has 3 heterocycles. The number of hydrogen-bond donors (Lipinski definition) is 1. The highest BCUT2D eigenvalue weighted by molar-refractivity contribution is 6.76. The first kappa shape index (κ1) is 21.1. The Labute approximate surface area is 181 Å². The maximum absolute atomic E-state index is 11.3. The first-order valence-electron chi connectivity index (χ1n) is 10.2. The molecular formula is C22H26N5O3Si+. The minimum Gasteiger partial charge on any atom is -0.478 e. The van der Waals surface area contributed by atoms with Gasteiger partial charge in [0.2, 0.25) is 0 Å². The van der Waals surface area contributed by atoms with Gasteiger partial charge in [0.1, 0.15) is 11.6 Å². The van der Waals surface area contributed by atoms with Crippen molar-refractivity contribution in [2.24, 2.45) is 11.0 Å². The zero-order chi connectivity index (χ0) is 22.0. The molecule has 8 nitrogen and oxygen atoms in total. The molecule has 9 heteroatoms. The monoisotopic (exact) mass is 436 g/mol.